The van der Waals surface area contributed by atoms with Crippen LogP contribution in [-0.4, -0.2) is 26.2 Å². The Morgan fingerprint density at radius 3 is 2.30 bits per heavy atom. The highest BCUT2D eigenvalue weighted by atomic mass is 32.2. The topological polar surface area (TPSA) is 86.4 Å². The van der Waals surface area contributed by atoms with E-state index in [1.54, 1.807) is 60.8 Å². The van der Waals surface area contributed by atoms with E-state index in [9.17, 15) is 8.42 Å². The maximum atomic E-state index is 13.1. The van der Waals surface area contributed by atoms with Crippen LogP contribution in [0.1, 0.15) is 12.0 Å². The second kappa shape index (κ2) is 10.2. The molecule has 0 aliphatic carbocycles. The molecule has 4 rings (SSSR count). The zero-order valence-electron chi connectivity index (χ0n) is 17.6. The molecular formula is C25H20N4O2S2. The Morgan fingerprint density at radius 2 is 1.64 bits per heavy atom. The van der Waals surface area contributed by atoms with E-state index >= 15 is 0 Å². The molecular weight excluding hydrogens is 452 g/mol. The van der Waals surface area contributed by atoms with Crippen LogP contribution in [0.3, 0.4) is 0 Å². The van der Waals surface area contributed by atoms with Gasteiger partial charge in [-0.3, -0.25) is 4.31 Å². The Bertz CT molecular complexity index is 1380. The predicted molar refractivity (Wildman–Crippen MR) is 132 cm³/mol. The summed E-state index contributed by atoms with van der Waals surface area (Å²) in [5, 5.41) is 11.6. The standard InChI is InChI=1S/C25H20N4O2S2/c26-16-7-17-29(33(30,31)23-10-5-2-6-11-23)22-14-12-20(13-15-22)18-27-25-28-24(19-32-25)21-8-3-1-4-9-21/h1-6,8-15,18-19H,7,17H2. The second-order valence-corrected chi connectivity index (χ2v) is 9.73. The van der Waals surface area contributed by atoms with Gasteiger partial charge in [0.2, 0.25) is 5.13 Å². The molecule has 0 saturated heterocycles. The fraction of sp³-hybridized carbons (Fsp3) is 0.0800. The SMILES string of the molecule is N#CCCN(c1ccc(C=Nc2nc(-c3ccccc3)cs2)cc1)S(=O)(=O)c1ccccc1. The Labute approximate surface area is 197 Å². The lowest BCUT2D eigenvalue weighted by Crippen LogP contribution is -2.31. The molecule has 0 fully saturated rings. The number of nitriles is 1. The third-order valence-corrected chi connectivity index (χ3v) is 7.41. The van der Waals surface area contributed by atoms with Crippen molar-refractivity contribution in [1.29, 1.82) is 5.26 Å². The fourth-order valence-electron chi connectivity index (χ4n) is 3.18. The molecule has 0 aliphatic rings. The average molecular weight is 473 g/mol. The van der Waals surface area contributed by atoms with Crippen LogP contribution < -0.4 is 4.31 Å². The van der Waals surface area contributed by atoms with Crippen molar-refractivity contribution in [2.24, 2.45) is 4.99 Å². The van der Waals surface area contributed by atoms with E-state index in [1.165, 1.54) is 15.6 Å². The first-order valence-electron chi connectivity index (χ1n) is 10.2. The summed E-state index contributed by atoms with van der Waals surface area (Å²) in [4.78, 5) is 9.18. The number of thiazole rings is 1. The summed E-state index contributed by atoms with van der Waals surface area (Å²) in [6.07, 6.45) is 1.78. The lowest BCUT2D eigenvalue weighted by Gasteiger charge is -2.23. The molecule has 8 heteroatoms. The van der Waals surface area contributed by atoms with Crippen LogP contribution in [0.4, 0.5) is 10.8 Å². The van der Waals surface area contributed by atoms with Gasteiger partial charge < -0.3 is 0 Å². The third kappa shape index (κ3) is 5.34. The van der Waals surface area contributed by atoms with Crippen LogP contribution in [0, 0.1) is 11.3 Å². The van der Waals surface area contributed by atoms with Crippen LogP contribution in [0.25, 0.3) is 11.3 Å². The molecule has 1 heterocycles. The minimum atomic E-state index is -3.78. The number of aromatic nitrogens is 1. The second-order valence-electron chi connectivity index (χ2n) is 7.03. The molecule has 3 aromatic carbocycles. The predicted octanol–water partition coefficient (Wildman–Crippen LogP) is 5.67. The van der Waals surface area contributed by atoms with Crippen LogP contribution >= 0.6 is 11.3 Å². The number of anilines is 1. The first kappa shape index (κ1) is 22.4. The number of hydrogen-bond donors (Lipinski definition) is 0. The van der Waals surface area contributed by atoms with Gasteiger partial charge in [-0.2, -0.15) is 5.26 Å². The van der Waals surface area contributed by atoms with Crippen molar-refractivity contribution in [2.75, 3.05) is 10.8 Å². The number of nitrogens with zero attached hydrogens (tertiary/aromatic N) is 4. The molecule has 0 atom stereocenters. The van der Waals surface area contributed by atoms with Gasteiger partial charge in [0.05, 0.1) is 28.8 Å². The number of sulfonamides is 1. The van der Waals surface area contributed by atoms with Crippen LogP contribution in [0.2, 0.25) is 0 Å². The van der Waals surface area contributed by atoms with E-state index in [0.29, 0.717) is 10.8 Å². The molecule has 33 heavy (non-hydrogen) atoms. The van der Waals surface area contributed by atoms with Crippen molar-refractivity contribution in [1.82, 2.24) is 4.98 Å². The quantitative estimate of drug-likeness (QED) is 0.309. The van der Waals surface area contributed by atoms with E-state index in [0.717, 1.165) is 16.8 Å². The fourth-order valence-corrected chi connectivity index (χ4v) is 5.34. The maximum Gasteiger partial charge on any atom is 0.264 e. The Hall–Kier alpha value is -3.80. The third-order valence-electron chi connectivity index (χ3n) is 4.82. The molecule has 0 unspecified atom stereocenters. The van der Waals surface area contributed by atoms with Gasteiger partial charge in [-0.05, 0) is 29.8 Å². The van der Waals surface area contributed by atoms with Gasteiger partial charge in [0.25, 0.3) is 10.0 Å². The highest BCUT2D eigenvalue weighted by Crippen LogP contribution is 2.27. The molecule has 1 aromatic heterocycles. The average Bonchev–Trinajstić information content (AvgIpc) is 3.34. The summed E-state index contributed by atoms with van der Waals surface area (Å²) < 4.78 is 27.5. The lowest BCUT2D eigenvalue weighted by atomic mass is 10.2. The van der Waals surface area contributed by atoms with E-state index in [1.807, 2.05) is 41.8 Å². The van der Waals surface area contributed by atoms with E-state index in [4.69, 9.17) is 5.26 Å². The van der Waals surface area contributed by atoms with E-state index in [2.05, 4.69) is 9.98 Å². The Balaban J connectivity index is 1.54. The summed E-state index contributed by atoms with van der Waals surface area (Å²) >= 11 is 1.45. The highest BCUT2D eigenvalue weighted by Gasteiger charge is 2.24. The summed E-state index contributed by atoms with van der Waals surface area (Å²) in [6.45, 7) is 0.0720. The van der Waals surface area contributed by atoms with Crippen LogP contribution in [0.15, 0.2) is 100 Å². The summed E-state index contributed by atoms with van der Waals surface area (Å²) in [5.41, 5.74) is 3.22. The summed E-state index contributed by atoms with van der Waals surface area (Å²) in [7, 11) is -3.78. The maximum absolute atomic E-state index is 13.1. The summed E-state index contributed by atoms with van der Waals surface area (Å²) in [6, 6.07) is 27.2. The molecule has 4 aromatic rings. The van der Waals surface area contributed by atoms with Crippen LogP contribution in [0.5, 0.6) is 0 Å². The normalized spacial score (nSPS) is 11.4. The largest absolute Gasteiger partial charge is 0.265 e. The Kier molecular flexibility index (Phi) is 6.93. The molecule has 0 saturated carbocycles. The van der Waals surface area contributed by atoms with Gasteiger partial charge in [-0.1, -0.05) is 60.7 Å². The van der Waals surface area contributed by atoms with Crippen molar-refractivity contribution >= 4 is 38.4 Å². The van der Waals surface area contributed by atoms with Crippen molar-refractivity contribution in [3.05, 3.63) is 95.9 Å². The van der Waals surface area contributed by atoms with Crippen molar-refractivity contribution in [3.63, 3.8) is 0 Å². The molecule has 0 spiro atoms. The molecule has 6 nitrogen and oxygen atoms in total. The number of benzene rings is 3. The van der Waals surface area contributed by atoms with Crippen molar-refractivity contribution in [2.45, 2.75) is 11.3 Å². The molecule has 164 valence electrons. The number of rotatable bonds is 8. The van der Waals surface area contributed by atoms with Gasteiger partial charge in [0, 0.05) is 23.7 Å². The van der Waals surface area contributed by atoms with Gasteiger partial charge in [-0.15, -0.1) is 11.3 Å². The van der Waals surface area contributed by atoms with Gasteiger partial charge in [0.15, 0.2) is 0 Å². The number of hydrogen-bond acceptors (Lipinski definition) is 6. The van der Waals surface area contributed by atoms with E-state index < -0.39 is 10.0 Å². The van der Waals surface area contributed by atoms with Gasteiger partial charge in [-0.25, -0.2) is 18.4 Å². The van der Waals surface area contributed by atoms with Crippen molar-refractivity contribution < 1.29 is 8.42 Å². The minimum absolute atomic E-state index is 0.0720. The molecule has 0 bridgehead atoms. The zero-order chi connectivity index (χ0) is 23.1. The molecule has 0 N–H and O–H groups in total. The minimum Gasteiger partial charge on any atom is -0.265 e. The first-order chi connectivity index (χ1) is 16.1. The molecule has 0 aliphatic heterocycles. The summed E-state index contributed by atoms with van der Waals surface area (Å²) in [5.74, 6) is 0. The molecule has 0 amide bonds. The van der Waals surface area contributed by atoms with E-state index in [-0.39, 0.29) is 17.9 Å². The molecule has 0 radical (unpaired) electrons. The zero-order valence-corrected chi connectivity index (χ0v) is 19.2. The van der Waals surface area contributed by atoms with Gasteiger partial charge >= 0.3 is 0 Å². The number of aliphatic imine (C=N–C) groups is 1. The highest BCUT2D eigenvalue weighted by molar-refractivity contribution is 7.92. The van der Waals surface area contributed by atoms with Gasteiger partial charge in [0.1, 0.15) is 0 Å². The smallest absolute Gasteiger partial charge is 0.264 e. The Morgan fingerprint density at radius 1 is 0.970 bits per heavy atom. The monoisotopic (exact) mass is 472 g/mol. The lowest BCUT2D eigenvalue weighted by molar-refractivity contribution is 0.591. The van der Waals surface area contributed by atoms with Crippen LogP contribution in [-0.2, 0) is 10.0 Å². The van der Waals surface area contributed by atoms with Crippen molar-refractivity contribution in [3.8, 4) is 17.3 Å². The first-order valence-corrected chi connectivity index (χ1v) is 12.5.